The van der Waals surface area contributed by atoms with E-state index in [4.69, 9.17) is 14.2 Å². The van der Waals surface area contributed by atoms with Gasteiger partial charge in [-0.3, -0.25) is 0 Å². The Morgan fingerprint density at radius 1 is 1.24 bits per heavy atom. The van der Waals surface area contributed by atoms with Crippen LogP contribution in [-0.2, 0) is 19.0 Å². The molecule has 1 fully saturated rings. The minimum absolute atomic E-state index is 0.000721. The summed E-state index contributed by atoms with van der Waals surface area (Å²) in [6.45, 7) is 5.88. The number of hydrogen-bond acceptors (Lipinski definition) is 8. The van der Waals surface area contributed by atoms with Gasteiger partial charge in [0.1, 0.15) is 0 Å². The Labute approximate surface area is 269 Å². The summed E-state index contributed by atoms with van der Waals surface area (Å²) in [5.41, 5.74) is -0.866. The first-order valence-electron chi connectivity index (χ1n) is 14.3. The van der Waals surface area contributed by atoms with Crippen molar-refractivity contribution in [1.82, 2.24) is 13.1 Å². The summed E-state index contributed by atoms with van der Waals surface area (Å²) in [5, 5.41) is 12.6. The molecule has 1 aromatic heterocycles. The van der Waals surface area contributed by atoms with Crippen LogP contribution in [0, 0.1) is 23.0 Å². The number of amides is 1. The fraction of sp³-hybridized carbons (Fsp3) is 0.643. The monoisotopic (exact) mass is 816 g/mol. The molecule has 2 heterocycles. The molecule has 10 nitrogen and oxygen atoms in total. The quantitative estimate of drug-likeness (QED) is 0.0904. The molecule has 234 valence electrons. The van der Waals surface area contributed by atoms with Crippen molar-refractivity contribution in [3.05, 3.63) is 23.3 Å². The molecule has 1 aliphatic rings. The molecular formula is C28H38F2I2N5O5-. The number of nitriles is 1. The first-order valence-corrected chi connectivity index (χ1v) is 18.0. The van der Waals surface area contributed by atoms with Crippen molar-refractivity contribution in [1.29, 1.82) is 5.26 Å². The number of carbonyl (C=O) groups is 2. The number of nitrogens with zero attached hydrogens (tertiary/aromatic N) is 4. The summed E-state index contributed by atoms with van der Waals surface area (Å²) in [4.78, 5) is 31.4. The first kappa shape index (κ1) is 34.6. The number of ether oxygens (including phenoxy) is 3. The molecule has 2 aromatic rings. The Kier molecular flexibility index (Phi) is 14.9. The normalized spacial score (nSPS) is 14.6. The molecule has 1 N–H and O–H groups in total. The van der Waals surface area contributed by atoms with Gasteiger partial charge in [0, 0.05) is 0 Å². The van der Waals surface area contributed by atoms with Crippen LogP contribution in [0.5, 0.6) is 0 Å². The maximum atomic E-state index is 15.4. The van der Waals surface area contributed by atoms with E-state index < -0.39 is 57.5 Å². The third kappa shape index (κ3) is 9.84. The zero-order valence-corrected chi connectivity index (χ0v) is 28.3. The summed E-state index contributed by atoms with van der Waals surface area (Å²) < 4.78 is 48.9. The molecule has 42 heavy (non-hydrogen) atoms. The molecule has 0 spiro atoms. The van der Waals surface area contributed by atoms with Gasteiger partial charge in [-0.2, -0.15) is 0 Å². The van der Waals surface area contributed by atoms with Crippen molar-refractivity contribution >= 4 is 51.6 Å². The predicted octanol–water partition coefficient (Wildman–Crippen LogP) is 2.43. The second kappa shape index (κ2) is 18.1. The number of piperidine rings is 1. The minimum atomic E-state index is -0.996. The van der Waals surface area contributed by atoms with Crippen LogP contribution in [0.2, 0.25) is 0 Å². The Balaban J connectivity index is 1.79. The topological polar surface area (TPSA) is 119 Å². The van der Waals surface area contributed by atoms with E-state index in [1.165, 1.54) is 2.78 Å². The summed E-state index contributed by atoms with van der Waals surface area (Å²) in [7, 11) is 0. The molecule has 0 saturated carbocycles. The molecule has 3 rings (SSSR count). The van der Waals surface area contributed by atoms with E-state index in [9.17, 15) is 14.9 Å². The summed E-state index contributed by atoms with van der Waals surface area (Å²) >= 11 is 1.20. The fourth-order valence-corrected chi connectivity index (χ4v) is 8.35. The molecule has 1 saturated heterocycles. The van der Waals surface area contributed by atoms with Crippen LogP contribution in [0.4, 0.5) is 19.5 Å². The standard InChI is InChI=1S/C28H38F2I2N5O5/c1-3-5-10-32-37-26-24(30)19(17-33)15-22(29)25(26)35-27(37)36(23(38)16-20(31)7-4-2)18-42-28(39)41-14-6-13-40-21-8-11-34-12-9-21/h15,20-21,34H,3-14,16,18H2,1-2H3/q-1. The Morgan fingerprint density at radius 2 is 2.00 bits per heavy atom. The molecule has 0 radical (unpaired) electrons. The third-order valence-electron chi connectivity index (χ3n) is 6.56. The van der Waals surface area contributed by atoms with Gasteiger partial charge in [-0.15, -0.1) is 0 Å². The van der Waals surface area contributed by atoms with Crippen LogP contribution in [0.1, 0.15) is 70.8 Å². The Morgan fingerprint density at radius 3 is 2.69 bits per heavy atom. The van der Waals surface area contributed by atoms with E-state index in [0.717, 1.165) is 62.6 Å². The first-order chi connectivity index (χ1) is 20.3. The van der Waals surface area contributed by atoms with Gasteiger partial charge in [0.25, 0.3) is 0 Å². The Bertz CT molecular complexity index is 1240. The van der Waals surface area contributed by atoms with Gasteiger partial charge in [0.05, 0.1) is 0 Å². The van der Waals surface area contributed by atoms with Gasteiger partial charge in [-0.25, -0.2) is 0 Å². The summed E-state index contributed by atoms with van der Waals surface area (Å²) in [6.07, 6.45) is 5.14. The SMILES string of the molecule is CCCC[I-]n1c(N(COC(=O)OCCCOC2CCNCC2)C(=O)CC(I)CCC)nc2c(F)cc(C#N)c(F)c21. The second-order valence-electron chi connectivity index (χ2n) is 9.84. The molecule has 14 heteroatoms. The molecular weight excluding hydrogens is 778 g/mol. The van der Waals surface area contributed by atoms with Crippen molar-refractivity contribution in [2.24, 2.45) is 0 Å². The number of unbranched alkanes of at least 4 members (excludes halogenated alkanes) is 1. The van der Waals surface area contributed by atoms with E-state index in [0.29, 0.717) is 17.5 Å². The zero-order valence-electron chi connectivity index (χ0n) is 24.0. The van der Waals surface area contributed by atoms with Crippen molar-refractivity contribution < 1.29 is 54.1 Å². The average molecular weight is 816 g/mol. The van der Waals surface area contributed by atoms with E-state index in [-0.39, 0.29) is 40.0 Å². The zero-order chi connectivity index (χ0) is 30.5. The van der Waals surface area contributed by atoms with Gasteiger partial charge in [0.15, 0.2) is 0 Å². The Hall–Kier alpha value is -1.84. The van der Waals surface area contributed by atoms with Crippen molar-refractivity contribution in [2.75, 3.05) is 42.4 Å². The predicted molar refractivity (Wildman–Crippen MR) is 158 cm³/mol. The second-order valence-corrected chi connectivity index (χ2v) is 14.3. The van der Waals surface area contributed by atoms with Crippen LogP contribution < -0.4 is 31.7 Å². The molecule has 0 bridgehead atoms. The van der Waals surface area contributed by atoms with Crippen molar-refractivity contribution in [3.8, 4) is 6.07 Å². The molecule has 1 amide bonds. The maximum absolute atomic E-state index is 15.4. The van der Waals surface area contributed by atoms with Crippen LogP contribution >= 0.6 is 22.6 Å². The van der Waals surface area contributed by atoms with Gasteiger partial charge in [-0.05, 0) is 25.9 Å². The number of carbonyl (C=O) groups excluding carboxylic acids is 2. The van der Waals surface area contributed by atoms with E-state index in [1.807, 2.05) is 13.8 Å². The molecule has 1 aliphatic heterocycles. The molecule has 0 aliphatic carbocycles. The van der Waals surface area contributed by atoms with Gasteiger partial charge in [-0.1, -0.05) is 0 Å². The number of halogens is 4. The molecule has 1 unspecified atom stereocenters. The van der Waals surface area contributed by atoms with Gasteiger partial charge >= 0.3 is 240 Å². The summed E-state index contributed by atoms with van der Waals surface area (Å²) in [6, 6.07) is 2.49. The van der Waals surface area contributed by atoms with E-state index >= 15 is 8.78 Å². The van der Waals surface area contributed by atoms with Crippen LogP contribution in [0.25, 0.3) is 11.0 Å². The number of aromatic nitrogens is 2. The van der Waals surface area contributed by atoms with Crippen LogP contribution in [-0.4, -0.2) is 67.3 Å². The van der Waals surface area contributed by atoms with Gasteiger partial charge in [0.2, 0.25) is 0 Å². The average Bonchev–Trinajstić information content (AvgIpc) is 3.35. The number of fused-ring (bicyclic) bond motifs is 1. The number of imidazole rings is 1. The van der Waals surface area contributed by atoms with E-state index in [2.05, 4.69) is 32.9 Å². The van der Waals surface area contributed by atoms with Crippen molar-refractivity contribution in [3.63, 3.8) is 0 Å². The number of anilines is 1. The third-order valence-corrected chi connectivity index (χ3v) is 10.5. The van der Waals surface area contributed by atoms with Crippen LogP contribution in [0.15, 0.2) is 6.07 Å². The number of benzene rings is 1. The number of hydrogen-bond donors (Lipinski definition) is 1. The van der Waals surface area contributed by atoms with E-state index in [1.54, 1.807) is 6.07 Å². The number of nitrogens with one attached hydrogen (secondary N) is 1. The molecule has 1 aromatic carbocycles. The fourth-order valence-electron chi connectivity index (χ4n) is 4.31. The van der Waals surface area contributed by atoms with Crippen molar-refractivity contribution in [2.45, 2.75) is 75.2 Å². The molecule has 1 atom stereocenters. The van der Waals surface area contributed by atoms with Gasteiger partial charge < -0.3 is 5.32 Å². The number of rotatable bonds is 16. The summed E-state index contributed by atoms with van der Waals surface area (Å²) in [5.74, 6) is -2.15. The number of alkyl halides is 2. The van der Waals surface area contributed by atoms with Crippen LogP contribution in [0.3, 0.4) is 0 Å².